The molecule has 2 aromatic heterocycles. The van der Waals surface area contributed by atoms with Crippen molar-refractivity contribution in [3.63, 3.8) is 0 Å². The number of nitrogens with zero attached hydrogens (tertiary/aromatic N) is 6. The molecule has 0 unspecified atom stereocenters. The van der Waals surface area contributed by atoms with Crippen LogP contribution in [0.5, 0.6) is 0 Å². The zero-order valence-corrected chi connectivity index (χ0v) is 27.2. The Morgan fingerprint density at radius 3 is 2.55 bits per heavy atom. The van der Waals surface area contributed by atoms with Crippen LogP contribution < -0.4 is 0 Å². The summed E-state index contributed by atoms with van der Waals surface area (Å²) in [5.74, 6) is 1.16. The lowest BCUT2D eigenvalue weighted by Crippen LogP contribution is -2.48. The van der Waals surface area contributed by atoms with Crippen LogP contribution in [-0.4, -0.2) is 68.2 Å². The predicted molar refractivity (Wildman–Crippen MR) is 181 cm³/mol. The van der Waals surface area contributed by atoms with Crippen molar-refractivity contribution in [2.24, 2.45) is 0 Å². The SMILES string of the molecule is Cc1ccc(Cl)cc1-n1c(SCc2nc(C(=O)N3CCN(C/C=C/c4ccccc4)CC3)cs2)nnc1-c1ccccc1Cl. The summed E-state index contributed by atoms with van der Waals surface area (Å²) in [5.41, 5.74) is 4.37. The maximum atomic E-state index is 13.3. The molecule has 0 radical (unpaired) electrons. The number of hydrogen-bond acceptors (Lipinski definition) is 7. The molecule has 6 rings (SSSR count). The molecular weight excluding hydrogens is 631 g/mol. The number of aryl methyl sites for hydroxylation is 1. The molecule has 0 bridgehead atoms. The summed E-state index contributed by atoms with van der Waals surface area (Å²) in [6.07, 6.45) is 4.33. The first-order valence-corrected chi connectivity index (χ1v) is 16.9. The predicted octanol–water partition coefficient (Wildman–Crippen LogP) is 7.77. The van der Waals surface area contributed by atoms with E-state index in [-0.39, 0.29) is 5.91 Å². The third-order valence-corrected chi connectivity index (χ3v) is 9.93. The highest BCUT2D eigenvalue weighted by molar-refractivity contribution is 7.98. The number of benzene rings is 3. The third-order valence-electron chi connectivity index (χ3n) is 7.39. The van der Waals surface area contributed by atoms with Gasteiger partial charge in [0.25, 0.3) is 5.91 Å². The normalized spacial score (nSPS) is 14.0. The fraction of sp³-hybridized carbons (Fsp3) is 0.212. The van der Waals surface area contributed by atoms with E-state index in [0.717, 1.165) is 41.5 Å². The molecule has 7 nitrogen and oxygen atoms in total. The van der Waals surface area contributed by atoms with E-state index < -0.39 is 0 Å². The Kier molecular flexibility index (Phi) is 9.79. The van der Waals surface area contributed by atoms with E-state index in [1.807, 2.05) is 82.4 Å². The van der Waals surface area contributed by atoms with Gasteiger partial charge in [0.05, 0.1) is 16.5 Å². The van der Waals surface area contributed by atoms with Crippen LogP contribution in [0.3, 0.4) is 0 Å². The molecule has 1 saturated heterocycles. The van der Waals surface area contributed by atoms with Crippen LogP contribution in [0.25, 0.3) is 23.2 Å². The second-order valence-electron chi connectivity index (χ2n) is 10.4. The quantitative estimate of drug-likeness (QED) is 0.151. The standard InChI is InChI=1S/C33H30Cl2N6OS2/c1-23-13-14-25(34)20-29(23)41-31(26-11-5-6-12-27(26)35)37-38-33(41)44-22-30-36-28(21-43-30)32(42)40-18-16-39(17-19-40)15-7-10-24-8-3-2-4-9-24/h2-14,20-21H,15-19,22H2,1H3/b10-7+. The van der Waals surface area contributed by atoms with E-state index in [9.17, 15) is 4.79 Å². The van der Waals surface area contributed by atoms with Crippen LogP contribution >= 0.6 is 46.3 Å². The summed E-state index contributed by atoms with van der Waals surface area (Å²) in [6.45, 7) is 5.94. The molecule has 44 heavy (non-hydrogen) atoms. The van der Waals surface area contributed by atoms with Crippen molar-refractivity contribution < 1.29 is 4.79 Å². The second-order valence-corrected chi connectivity index (χ2v) is 13.1. The average Bonchev–Trinajstić information content (AvgIpc) is 3.69. The summed E-state index contributed by atoms with van der Waals surface area (Å²) >= 11 is 16.0. The van der Waals surface area contributed by atoms with Crippen molar-refractivity contribution in [1.82, 2.24) is 29.5 Å². The molecule has 1 fully saturated rings. The molecule has 5 aromatic rings. The number of halogens is 2. The number of aromatic nitrogens is 4. The van der Waals surface area contributed by atoms with Crippen LogP contribution in [0.2, 0.25) is 10.0 Å². The highest BCUT2D eigenvalue weighted by atomic mass is 35.5. The number of carbonyl (C=O) groups excluding carboxylic acids is 1. The fourth-order valence-electron chi connectivity index (χ4n) is 5.02. The van der Waals surface area contributed by atoms with Crippen LogP contribution in [0, 0.1) is 6.92 Å². The summed E-state index contributed by atoms with van der Waals surface area (Å²) in [6, 6.07) is 23.6. The Balaban J connectivity index is 1.11. The molecule has 1 aliphatic heterocycles. The lowest BCUT2D eigenvalue weighted by molar-refractivity contribution is 0.0645. The number of hydrogen-bond donors (Lipinski definition) is 0. The van der Waals surface area contributed by atoms with E-state index in [1.165, 1.54) is 28.7 Å². The minimum absolute atomic E-state index is 0.0179. The molecule has 1 amide bonds. The minimum Gasteiger partial charge on any atom is -0.335 e. The smallest absolute Gasteiger partial charge is 0.273 e. The van der Waals surface area contributed by atoms with E-state index in [0.29, 0.717) is 45.6 Å². The van der Waals surface area contributed by atoms with Gasteiger partial charge in [0, 0.05) is 48.7 Å². The number of piperazine rings is 1. The van der Waals surface area contributed by atoms with Gasteiger partial charge in [-0.3, -0.25) is 14.3 Å². The summed E-state index contributed by atoms with van der Waals surface area (Å²) in [5, 5.41) is 13.6. The van der Waals surface area contributed by atoms with E-state index in [4.69, 9.17) is 28.2 Å². The first kappa shape index (κ1) is 30.6. The minimum atomic E-state index is -0.0179. The topological polar surface area (TPSA) is 67.2 Å². The van der Waals surface area contributed by atoms with E-state index in [2.05, 4.69) is 39.4 Å². The molecule has 3 aromatic carbocycles. The highest BCUT2D eigenvalue weighted by Gasteiger charge is 2.24. The summed E-state index contributed by atoms with van der Waals surface area (Å²) in [7, 11) is 0. The van der Waals surface area contributed by atoms with E-state index >= 15 is 0 Å². The van der Waals surface area contributed by atoms with E-state index in [1.54, 1.807) is 0 Å². The summed E-state index contributed by atoms with van der Waals surface area (Å²) in [4.78, 5) is 22.2. The van der Waals surface area contributed by atoms with Gasteiger partial charge in [-0.05, 0) is 42.3 Å². The largest absolute Gasteiger partial charge is 0.335 e. The average molecular weight is 662 g/mol. The Bertz CT molecular complexity index is 1780. The molecule has 0 spiro atoms. The zero-order valence-electron chi connectivity index (χ0n) is 24.1. The molecule has 11 heteroatoms. The molecule has 1 aliphatic rings. The molecule has 224 valence electrons. The molecule has 3 heterocycles. The lowest BCUT2D eigenvalue weighted by Gasteiger charge is -2.33. The zero-order chi connectivity index (χ0) is 30.5. The Labute approximate surface area is 275 Å². The maximum Gasteiger partial charge on any atom is 0.273 e. The van der Waals surface area contributed by atoms with Gasteiger partial charge in [0.1, 0.15) is 10.7 Å². The van der Waals surface area contributed by atoms with Gasteiger partial charge < -0.3 is 4.90 Å². The lowest BCUT2D eigenvalue weighted by atomic mass is 10.1. The maximum absolute atomic E-state index is 13.3. The van der Waals surface area contributed by atoms with Crippen LogP contribution in [-0.2, 0) is 5.75 Å². The van der Waals surface area contributed by atoms with Gasteiger partial charge in [-0.15, -0.1) is 21.5 Å². The second kappa shape index (κ2) is 14.1. The molecule has 0 N–H and O–H groups in total. The van der Waals surface area contributed by atoms with Crippen molar-refractivity contribution in [3.05, 3.63) is 116 Å². The van der Waals surface area contributed by atoms with Gasteiger partial charge >= 0.3 is 0 Å². The van der Waals surface area contributed by atoms with Gasteiger partial charge in [0.15, 0.2) is 11.0 Å². The number of rotatable bonds is 9. The molecule has 0 aliphatic carbocycles. The Morgan fingerprint density at radius 1 is 0.977 bits per heavy atom. The molecule has 0 atom stereocenters. The van der Waals surface area contributed by atoms with Crippen molar-refractivity contribution in [1.29, 1.82) is 0 Å². The van der Waals surface area contributed by atoms with Crippen molar-refractivity contribution >= 4 is 58.3 Å². The van der Waals surface area contributed by atoms with Crippen LogP contribution in [0.1, 0.15) is 26.6 Å². The van der Waals surface area contributed by atoms with Crippen molar-refractivity contribution in [3.8, 4) is 17.1 Å². The van der Waals surface area contributed by atoms with Crippen molar-refractivity contribution in [2.45, 2.75) is 17.8 Å². The molecule has 0 saturated carbocycles. The number of amides is 1. The molecular formula is C33H30Cl2N6OS2. The Morgan fingerprint density at radius 2 is 1.75 bits per heavy atom. The number of thioether (sulfide) groups is 1. The fourth-order valence-corrected chi connectivity index (χ4v) is 7.14. The van der Waals surface area contributed by atoms with Crippen molar-refractivity contribution in [2.75, 3.05) is 32.7 Å². The third kappa shape index (κ3) is 7.08. The van der Waals surface area contributed by atoms with Gasteiger partial charge in [0.2, 0.25) is 0 Å². The van der Waals surface area contributed by atoms with Crippen LogP contribution in [0.4, 0.5) is 0 Å². The Hall–Kier alpha value is -3.47. The number of carbonyl (C=O) groups is 1. The first-order chi connectivity index (χ1) is 21.5. The number of thiazole rings is 1. The van der Waals surface area contributed by atoms with Crippen LogP contribution in [0.15, 0.2) is 89.4 Å². The first-order valence-electron chi connectivity index (χ1n) is 14.2. The monoisotopic (exact) mass is 660 g/mol. The van der Waals surface area contributed by atoms with Gasteiger partial charge in [-0.1, -0.05) is 95.6 Å². The highest BCUT2D eigenvalue weighted by Crippen LogP contribution is 2.35. The summed E-state index contributed by atoms with van der Waals surface area (Å²) < 4.78 is 1.99. The van der Waals surface area contributed by atoms with Gasteiger partial charge in [-0.2, -0.15) is 0 Å². The van der Waals surface area contributed by atoms with Gasteiger partial charge in [-0.25, -0.2) is 4.98 Å².